The Labute approximate surface area is 97.7 Å². The highest BCUT2D eigenvalue weighted by atomic mass is 15.0. The number of aromatic nitrogens is 2. The van der Waals surface area contributed by atoms with Crippen molar-refractivity contribution in [3.05, 3.63) is 18.1 Å². The van der Waals surface area contributed by atoms with Crippen molar-refractivity contribution in [1.82, 2.24) is 9.97 Å². The number of anilines is 1. The van der Waals surface area contributed by atoms with Gasteiger partial charge in [0.2, 0.25) is 0 Å². The zero-order valence-corrected chi connectivity index (χ0v) is 10.1. The minimum Gasteiger partial charge on any atom is -0.370 e. The third-order valence-electron chi connectivity index (χ3n) is 3.39. The van der Waals surface area contributed by atoms with Crippen molar-refractivity contribution >= 4 is 5.82 Å². The van der Waals surface area contributed by atoms with Crippen LogP contribution in [0.1, 0.15) is 44.2 Å². The van der Waals surface area contributed by atoms with E-state index in [1.54, 1.807) is 6.33 Å². The molecule has 1 N–H and O–H groups in total. The Morgan fingerprint density at radius 1 is 1.25 bits per heavy atom. The van der Waals surface area contributed by atoms with Gasteiger partial charge in [-0.3, -0.25) is 0 Å². The maximum absolute atomic E-state index is 4.20. The van der Waals surface area contributed by atoms with Crippen LogP contribution in [0, 0.1) is 12.8 Å². The van der Waals surface area contributed by atoms with Gasteiger partial charge in [-0.15, -0.1) is 0 Å². The molecule has 0 aromatic carbocycles. The molecule has 3 heteroatoms. The molecule has 0 bridgehead atoms. The summed E-state index contributed by atoms with van der Waals surface area (Å²) < 4.78 is 0. The van der Waals surface area contributed by atoms with Crippen LogP contribution >= 0.6 is 0 Å². The first-order valence-electron chi connectivity index (χ1n) is 6.37. The third-order valence-corrected chi connectivity index (χ3v) is 3.39. The zero-order valence-electron chi connectivity index (χ0n) is 10.1. The fourth-order valence-electron chi connectivity index (χ4n) is 2.43. The molecule has 1 fully saturated rings. The molecule has 0 amide bonds. The summed E-state index contributed by atoms with van der Waals surface area (Å²) in [7, 11) is 0. The second-order valence-corrected chi connectivity index (χ2v) is 4.76. The van der Waals surface area contributed by atoms with Gasteiger partial charge in [0.1, 0.15) is 12.1 Å². The van der Waals surface area contributed by atoms with Crippen LogP contribution in [0.25, 0.3) is 0 Å². The lowest BCUT2D eigenvalue weighted by Crippen LogP contribution is -2.12. The van der Waals surface area contributed by atoms with Gasteiger partial charge < -0.3 is 5.32 Å². The van der Waals surface area contributed by atoms with Gasteiger partial charge >= 0.3 is 0 Å². The second kappa shape index (κ2) is 5.83. The quantitative estimate of drug-likeness (QED) is 0.845. The van der Waals surface area contributed by atoms with E-state index < -0.39 is 0 Å². The van der Waals surface area contributed by atoms with Crippen LogP contribution in [0.4, 0.5) is 5.82 Å². The van der Waals surface area contributed by atoms with Crippen LogP contribution in [0.2, 0.25) is 0 Å². The number of hydrogen-bond donors (Lipinski definition) is 1. The van der Waals surface area contributed by atoms with E-state index in [0.717, 1.165) is 24.0 Å². The molecule has 0 aliphatic heterocycles. The molecule has 88 valence electrons. The van der Waals surface area contributed by atoms with Gasteiger partial charge in [-0.05, 0) is 19.3 Å². The zero-order chi connectivity index (χ0) is 11.2. The van der Waals surface area contributed by atoms with Crippen LogP contribution in [0.3, 0.4) is 0 Å². The topological polar surface area (TPSA) is 37.8 Å². The van der Waals surface area contributed by atoms with Gasteiger partial charge in [-0.1, -0.05) is 32.1 Å². The molecule has 16 heavy (non-hydrogen) atoms. The van der Waals surface area contributed by atoms with Crippen molar-refractivity contribution in [2.75, 3.05) is 11.9 Å². The van der Waals surface area contributed by atoms with Gasteiger partial charge in [0, 0.05) is 18.3 Å². The Morgan fingerprint density at radius 3 is 2.81 bits per heavy atom. The Balaban J connectivity index is 1.71. The van der Waals surface area contributed by atoms with E-state index in [1.165, 1.54) is 38.5 Å². The van der Waals surface area contributed by atoms with Crippen molar-refractivity contribution in [3.8, 4) is 0 Å². The van der Waals surface area contributed by atoms with Crippen LogP contribution in [0.15, 0.2) is 12.4 Å². The van der Waals surface area contributed by atoms with Crippen molar-refractivity contribution in [2.24, 2.45) is 5.92 Å². The Kier molecular flexibility index (Phi) is 4.14. The van der Waals surface area contributed by atoms with Crippen LogP contribution in [-0.4, -0.2) is 16.5 Å². The summed E-state index contributed by atoms with van der Waals surface area (Å²) in [6.45, 7) is 3.04. The van der Waals surface area contributed by atoms with Crippen LogP contribution in [-0.2, 0) is 0 Å². The summed E-state index contributed by atoms with van der Waals surface area (Å²) in [5, 5.41) is 3.38. The highest BCUT2D eigenvalue weighted by Crippen LogP contribution is 2.26. The van der Waals surface area contributed by atoms with Crippen molar-refractivity contribution in [1.29, 1.82) is 0 Å². The van der Waals surface area contributed by atoms with E-state index in [2.05, 4.69) is 15.3 Å². The lowest BCUT2D eigenvalue weighted by atomic mass is 9.87. The fraction of sp³-hybridized carbons (Fsp3) is 0.692. The van der Waals surface area contributed by atoms with Crippen LogP contribution < -0.4 is 5.32 Å². The molecule has 0 spiro atoms. The van der Waals surface area contributed by atoms with Gasteiger partial charge in [0.05, 0.1) is 0 Å². The molecule has 0 radical (unpaired) electrons. The molecule has 1 aromatic heterocycles. The molecule has 0 atom stereocenters. The molecule has 1 aliphatic carbocycles. The Morgan fingerprint density at radius 2 is 2.06 bits per heavy atom. The molecule has 1 heterocycles. The van der Waals surface area contributed by atoms with Crippen molar-refractivity contribution in [2.45, 2.75) is 45.4 Å². The number of aryl methyl sites for hydroxylation is 1. The predicted octanol–water partition coefficient (Wildman–Crippen LogP) is 3.17. The van der Waals surface area contributed by atoms with Crippen molar-refractivity contribution < 1.29 is 0 Å². The van der Waals surface area contributed by atoms with Gasteiger partial charge in [0.15, 0.2) is 0 Å². The smallest absolute Gasteiger partial charge is 0.129 e. The predicted molar refractivity (Wildman–Crippen MR) is 66.5 cm³/mol. The average Bonchev–Trinajstić information content (AvgIpc) is 2.30. The lowest BCUT2D eigenvalue weighted by molar-refractivity contribution is 0.345. The first kappa shape index (κ1) is 11.4. The average molecular weight is 219 g/mol. The number of hydrogen-bond acceptors (Lipinski definition) is 3. The normalized spacial score (nSPS) is 17.3. The highest BCUT2D eigenvalue weighted by molar-refractivity contribution is 5.34. The molecule has 0 unspecified atom stereocenters. The van der Waals surface area contributed by atoms with Gasteiger partial charge in [-0.2, -0.15) is 0 Å². The third kappa shape index (κ3) is 3.47. The molecular weight excluding hydrogens is 198 g/mol. The first-order chi connectivity index (χ1) is 7.84. The fourth-order valence-corrected chi connectivity index (χ4v) is 2.43. The Bertz CT molecular complexity index is 319. The summed E-state index contributed by atoms with van der Waals surface area (Å²) in [5.41, 5.74) is 1.02. The summed E-state index contributed by atoms with van der Waals surface area (Å²) in [5.74, 6) is 1.90. The summed E-state index contributed by atoms with van der Waals surface area (Å²) in [6, 6.07) is 2.00. The number of nitrogens with one attached hydrogen (secondary N) is 1. The monoisotopic (exact) mass is 219 g/mol. The minimum absolute atomic E-state index is 0.934. The molecule has 1 saturated carbocycles. The van der Waals surface area contributed by atoms with E-state index in [-0.39, 0.29) is 0 Å². The maximum Gasteiger partial charge on any atom is 0.129 e. The minimum atomic E-state index is 0.934. The van der Waals surface area contributed by atoms with E-state index in [4.69, 9.17) is 0 Å². The van der Waals surface area contributed by atoms with E-state index in [1.807, 2.05) is 13.0 Å². The Hall–Kier alpha value is -1.12. The number of nitrogens with zero attached hydrogens (tertiary/aromatic N) is 2. The van der Waals surface area contributed by atoms with E-state index >= 15 is 0 Å². The second-order valence-electron chi connectivity index (χ2n) is 4.76. The maximum atomic E-state index is 4.20. The summed E-state index contributed by atoms with van der Waals surface area (Å²) in [6.07, 6.45) is 10.0. The van der Waals surface area contributed by atoms with Gasteiger partial charge in [0.25, 0.3) is 0 Å². The van der Waals surface area contributed by atoms with E-state index in [9.17, 15) is 0 Å². The molecule has 1 aliphatic rings. The highest BCUT2D eigenvalue weighted by Gasteiger charge is 2.12. The summed E-state index contributed by atoms with van der Waals surface area (Å²) in [4.78, 5) is 8.29. The number of rotatable bonds is 4. The standard InChI is InChI=1S/C13H21N3/c1-11-9-13(16-10-15-11)14-8-7-12-5-3-2-4-6-12/h9-10,12H,2-8H2,1H3,(H,14,15,16). The lowest BCUT2D eigenvalue weighted by Gasteiger charge is -2.21. The molecule has 0 saturated heterocycles. The van der Waals surface area contributed by atoms with Gasteiger partial charge in [-0.25, -0.2) is 9.97 Å². The molecule has 3 nitrogen and oxygen atoms in total. The molecule has 2 rings (SSSR count). The first-order valence-corrected chi connectivity index (χ1v) is 6.37. The largest absolute Gasteiger partial charge is 0.370 e. The van der Waals surface area contributed by atoms with E-state index in [0.29, 0.717) is 0 Å². The SMILES string of the molecule is Cc1cc(NCCC2CCCCC2)ncn1. The van der Waals surface area contributed by atoms with Crippen molar-refractivity contribution in [3.63, 3.8) is 0 Å². The van der Waals surface area contributed by atoms with Crippen LogP contribution in [0.5, 0.6) is 0 Å². The molecular formula is C13H21N3. The summed E-state index contributed by atoms with van der Waals surface area (Å²) >= 11 is 0. The molecule has 1 aromatic rings.